The predicted molar refractivity (Wildman–Crippen MR) is 208 cm³/mol. The second-order valence-electron chi connectivity index (χ2n) is 13.8. The fourth-order valence-corrected chi connectivity index (χ4v) is 7.41. The maximum Gasteiger partial charge on any atom is 0.251 e. The molecule has 1 fully saturated rings. The average Bonchev–Trinajstić information content (AvgIpc) is 3.72. The van der Waals surface area contributed by atoms with Crippen molar-refractivity contribution in [2.45, 2.75) is 65.2 Å². The van der Waals surface area contributed by atoms with Gasteiger partial charge in [0.25, 0.3) is 5.91 Å². The summed E-state index contributed by atoms with van der Waals surface area (Å²) in [4.78, 5) is 23.9. The zero-order valence-electron chi connectivity index (χ0n) is 31.9. The van der Waals surface area contributed by atoms with Crippen LogP contribution < -0.4 is 24.4 Å². The molecule has 0 aliphatic carbocycles. The summed E-state index contributed by atoms with van der Waals surface area (Å²) in [5.74, 6) is 2.88. The van der Waals surface area contributed by atoms with Gasteiger partial charge in [-0.1, -0.05) is 62.2 Å². The van der Waals surface area contributed by atoms with Gasteiger partial charge < -0.3 is 43.4 Å². The number of para-hydroxylation sites is 2. The van der Waals surface area contributed by atoms with E-state index in [9.17, 15) is 4.79 Å². The van der Waals surface area contributed by atoms with Crippen LogP contribution in [0.3, 0.4) is 0 Å². The molecule has 2 atom stereocenters. The minimum Gasteiger partial charge on any atom is -0.493 e. The molecule has 284 valence electrons. The first-order valence-electron chi connectivity index (χ1n) is 19.0. The highest BCUT2D eigenvalue weighted by atomic mass is 16.7. The lowest BCUT2D eigenvalue weighted by molar-refractivity contribution is -0.0366. The summed E-state index contributed by atoms with van der Waals surface area (Å²) in [6, 6.07) is 20.4. The third kappa shape index (κ3) is 9.01. The molecule has 0 spiro atoms. The predicted octanol–water partition coefficient (Wildman–Crippen LogP) is 6.97. The van der Waals surface area contributed by atoms with Crippen molar-refractivity contribution in [3.8, 4) is 17.2 Å². The van der Waals surface area contributed by atoms with Gasteiger partial charge in [-0.2, -0.15) is 0 Å². The molecule has 6 rings (SSSR count). The molecule has 11 nitrogen and oxygen atoms in total. The summed E-state index contributed by atoms with van der Waals surface area (Å²) >= 11 is 0. The molecule has 0 radical (unpaired) electrons. The number of nitrogens with one attached hydrogen (secondary N) is 1. The molecular weight excluding hydrogens is 670 g/mol. The number of ether oxygens (including phenoxy) is 5. The topological polar surface area (TPSA) is 99.6 Å². The van der Waals surface area contributed by atoms with Crippen molar-refractivity contribution in [1.82, 2.24) is 19.8 Å². The molecule has 4 aromatic rings. The Morgan fingerprint density at radius 3 is 2.51 bits per heavy atom. The normalized spacial score (nSPS) is 16.7. The smallest absolute Gasteiger partial charge is 0.251 e. The van der Waals surface area contributed by atoms with Crippen LogP contribution in [0.2, 0.25) is 0 Å². The first-order chi connectivity index (χ1) is 25.9. The van der Waals surface area contributed by atoms with Crippen molar-refractivity contribution < 1.29 is 28.5 Å². The van der Waals surface area contributed by atoms with E-state index in [0.717, 1.165) is 81.3 Å². The molecule has 11 heteroatoms. The van der Waals surface area contributed by atoms with E-state index in [4.69, 9.17) is 28.7 Å². The SMILES string of the molecule is CCCCCn1c(N2CCCN(CCC(CNC(=O)c3cc(OC)c(OC)c(OC)c3C)C3=COC(Cc4ccccc4)O3)CC2)nc2ccccc21. The standard InChI is InChI=1S/C42H55N5O6/c1-6-7-13-22-47-35-18-12-11-17-34(35)44-42(47)46-21-14-20-45(24-25-46)23-19-32(37-29-52-38(53-37)26-31-15-9-8-10-16-31)28-43-41(48)33-27-36(49-3)40(51-5)39(50-4)30(33)2/h8-12,15-18,27,29,32,38H,6-7,13-14,19-26,28H2,1-5H3,(H,43,48). The van der Waals surface area contributed by atoms with E-state index in [-0.39, 0.29) is 11.8 Å². The monoisotopic (exact) mass is 725 g/mol. The number of carbonyl (C=O) groups excluding carboxylic acids is 1. The minimum absolute atomic E-state index is 0.0933. The quantitative estimate of drug-likeness (QED) is 0.116. The second kappa shape index (κ2) is 18.2. The van der Waals surface area contributed by atoms with Crippen molar-refractivity contribution in [3.63, 3.8) is 0 Å². The lowest BCUT2D eigenvalue weighted by atomic mass is 10.0. The lowest BCUT2D eigenvalue weighted by Gasteiger charge is -2.26. The summed E-state index contributed by atoms with van der Waals surface area (Å²) in [5, 5.41) is 3.18. The summed E-state index contributed by atoms with van der Waals surface area (Å²) < 4.78 is 31.5. The largest absolute Gasteiger partial charge is 0.493 e. The molecule has 3 heterocycles. The van der Waals surface area contributed by atoms with Gasteiger partial charge in [0.1, 0.15) is 12.0 Å². The highest BCUT2D eigenvalue weighted by molar-refractivity contribution is 5.97. The van der Waals surface area contributed by atoms with Crippen molar-refractivity contribution in [2.24, 2.45) is 5.92 Å². The lowest BCUT2D eigenvalue weighted by Crippen LogP contribution is -2.35. The molecule has 3 aromatic carbocycles. The van der Waals surface area contributed by atoms with E-state index < -0.39 is 6.29 Å². The van der Waals surface area contributed by atoms with E-state index in [1.54, 1.807) is 33.7 Å². The number of amides is 1. The number of aromatic nitrogens is 2. The van der Waals surface area contributed by atoms with Crippen LogP contribution in [0.4, 0.5) is 5.95 Å². The zero-order chi connectivity index (χ0) is 37.2. The van der Waals surface area contributed by atoms with Gasteiger partial charge in [0.2, 0.25) is 18.0 Å². The third-order valence-corrected chi connectivity index (χ3v) is 10.4. The van der Waals surface area contributed by atoms with Gasteiger partial charge in [-0.05, 0) is 63.0 Å². The maximum absolute atomic E-state index is 13.7. The average molecular weight is 726 g/mol. The Bertz CT molecular complexity index is 1840. The van der Waals surface area contributed by atoms with E-state index in [1.807, 2.05) is 25.1 Å². The number of carbonyl (C=O) groups is 1. The Kier molecular flexibility index (Phi) is 13.0. The van der Waals surface area contributed by atoms with Gasteiger partial charge in [-0.15, -0.1) is 0 Å². The molecule has 53 heavy (non-hydrogen) atoms. The number of nitrogens with zero attached hydrogens (tertiary/aromatic N) is 4. The Morgan fingerprint density at radius 2 is 1.74 bits per heavy atom. The van der Waals surface area contributed by atoms with E-state index in [0.29, 0.717) is 41.3 Å². The summed E-state index contributed by atoms with van der Waals surface area (Å²) in [6.07, 6.45) is 7.34. The number of unbranched alkanes of at least 4 members (excludes halogenated alkanes) is 2. The number of hydrogen-bond donors (Lipinski definition) is 1. The van der Waals surface area contributed by atoms with Crippen molar-refractivity contribution >= 4 is 22.9 Å². The third-order valence-electron chi connectivity index (χ3n) is 10.4. The Morgan fingerprint density at radius 1 is 0.943 bits per heavy atom. The van der Waals surface area contributed by atoms with E-state index in [2.05, 4.69) is 63.0 Å². The minimum atomic E-state index is -0.411. The fraction of sp³-hybridized carbons (Fsp3) is 0.476. The maximum atomic E-state index is 13.7. The molecule has 1 amide bonds. The van der Waals surface area contributed by atoms with Crippen LogP contribution in [-0.4, -0.2) is 87.2 Å². The highest BCUT2D eigenvalue weighted by Gasteiger charge is 2.29. The van der Waals surface area contributed by atoms with Gasteiger partial charge in [0, 0.05) is 56.2 Å². The number of fused-ring (bicyclic) bond motifs is 1. The van der Waals surface area contributed by atoms with Crippen LogP contribution in [0.1, 0.15) is 60.5 Å². The van der Waals surface area contributed by atoms with Gasteiger partial charge in [0.05, 0.1) is 32.4 Å². The van der Waals surface area contributed by atoms with Crippen LogP contribution in [-0.2, 0) is 22.4 Å². The Hall–Kier alpha value is -4.90. The number of anilines is 1. The van der Waals surface area contributed by atoms with Gasteiger partial charge in [-0.3, -0.25) is 4.79 Å². The van der Waals surface area contributed by atoms with Gasteiger partial charge >= 0.3 is 0 Å². The number of benzene rings is 3. The van der Waals surface area contributed by atoms with E-state index >= 15 is 0 Å². The van der Waals surface area contributed by atoms with Crippen LogP contribution >= 0.6 is 0 Å². The van der Waals surface area contributed by atoms with E-state index in [1.165, 1.54) is 18.4 Å². The zero-order valence-corrected chi connectivity index (χ0v) is 31.9. The number of imidazole rings is 1. The van der Waals surface area contributed by atoms with Gasteiger partial charge in [-0.25, -0.2) is 4.98 Å². The summed E-state index contributed by atoms with van der Waals surface area (Å²) in [6.45, 7) is 10.1. The molecule has 2 unspecified atom stereocenters. The number of hydrogen-bond acceptors (Lipinski definition) is 9. The summed E-state index contributed by atoms with van der Waals surface area (Å²) in [7, 11) is 4.66. The van der Waals surface area contributed by atoms with Crippen molar-refractivity contribution in [3.05, 3.63) is 89.4 Å². The molecule has 0 saturated carbocycles. The Labute approximate surface area is 313 Å². The number of aryl methyl sites for hydroxylation is 1. The first kappa shape index (κ1) is 37.8. The van der Waals surface area contributed by atoms with Gasteiger partial charge in [0.15, 0.2) is 11.5 Å². The molecule has 1 saturated heterocycles. The van der Waals surface area contributed by atoms with Crippen LogP contribution in [0.5, 0.6) is 17.2 Å². The van der Waals surface area contributed by atoms with Crippen LogP contribution in [0.25, 0.3) is 11.0 Å². The molecule has 1 N–H and O–H groups in total. The van der Waals surface area contributed by atoms with Crippen molar-refractivity contribution in [2.75, 3.05) is 65.5 Å². The number of methoxy groups -OCH3 is 3. The van der Waals surface area contributed by atoms with Crippen LogP contribution in [0, 0.1) is 12.8 Å². The van der Waals surface area contributed by atoms with Crippen LogP contribution in [0.15, 0.2) is 72.7 Å². The molecular formula is C42H55N5O6. The second-order valence-corrected chi connectivity index (χ2v) is 13.8. The Balaban J connectivity index is 1.14. The molecule has 2 aliphatic heterocycles. The molecule has 2 aliphatic rings. The summed E-state index contributed by atoms with van der Waals surface area (Å²) in [5.41, 5.74) is 4.55. The molecule has 0 bridgehead atoms. The first-order valence-corrected chi connectivity index (χ1v) is 19.0. The highest BCUT2D eigenvalue weighted by Crippen LogP contribution is 2.41. The number of rotatable bonds is 17. The van der Waals surface area contributed by atoms with Crippen molar-refractivity contribution in [1.29, 1.82) is 0 Å². The molecule has 1 aromatic heterocycles. The fourth-order valence-electron chi connectivity index (χ4n) is 7.41.